The van der Waals surface area contributed by atoms with Crippen LogP contribution in [0.5, 0.6) is 0 Å². The predicted octanol–water partition coefficient (Wildman–Crippen LogP) is -1.38. The van der Waals surface area contributed by atoms with Crippen LogP contribution in [0.15, 0.2) is 12.3 Å². The highest BCUT2D eigenvalue weighted by molar-refractivity contribution is 5.90. The average molecular weight is 417 g/mol. The Hall–Kier alpha value is -1.76. The molecular weight excluding hydrogens is 386 g/mol. The molecule has 1 saturated heterocycles. The number of urea groups is 1. The Bertz CT molecular complexity index is 626. The van der Waals surface area contributed by atoms with E-state index >= 15 is 0 Å². The van der Waals surface area contributed by atoms with Gasteiger partial charge < -0.3 is 34.8 Å². The lowest BCUT2D eigenvalue weighted by atomic mass is 9.84. The van der Waals surface area contributed by atoms with Crippen molar-refractivity contribution in [1.29, 1.82) is 0 Å². The maximum Gasteiger partial charge on any atom is 0.351 e. The molecule has 6 N–H and O–H groups in total. The van der Waals surface area contributed by atoms with Crippen LogP contribution in [-0.2, 0) is 19.0 Å². The van der Waals surface area contributed by atoms with Gasteiger partial charge in [-0.25, -0.2) is 9.59 Å². The molecule has 0 bridgehead atoms. The molecule has 0 spiro atoms. The third kappa shape index (κ3) is 4.71. The van der Waals surface area contributed by atoms with Gasteiger partial charge in [0.1, 0.15) is 18.3 Å². The summed E-state index contributed by atoms with van der Waals surface area (Å²) in [5.41, 5.74) is 3.76. The van der Waals surface area contributed by atoms with E-state index in [-0.39, 0.29) is 12.0 Å². The number of carbonyl (C=O) groups excluding carboxylic acids is 2. The summed E-state index contributed by atoms with van der Waals surface area (Å²) in [6.45, 7) is 3.89. The Kier molecular flexibility index (Phi) is 7.60. The number of carbonyl (C=O) groups is 2. The van der Waals surface area contributed by atoms with E-state index < -0.39 is 48.8 Å². The molecule has 11 nitrogen and oxygen atoms in total. The van der Waals surface area contributed by atoms with Gasteiger partial charge in [-0.2, -0.15) is 0 Å². The van der Waals surface area contributed by atoms with E-state index in [2.05, 4.69) is 5.32 Å². The first kappa shape index (κ1) is 23.5. The predicted molar refractivity (Wildman–Crippen MR) is 100 cm³/mol. The lowest BCUT2D eigenvalue weighted by Gasteiger charge is -2.37. The van der Waals surface area contributed by atoms with Crippen molar-refractivity contribution in [3.8, 4) is 0 Å². The molecule has 1 unspecified atom stereocenters. The van der Waals surface area contributed by atoms with Crippen molar-refractivity contribution < 1.29 is 39.1 Å². The number of aliphatic hydroxyl groups is 3. The van der Waals surface area contributed by atoms with Crippen LogP contribution in [0.25, 0.3) is 0 Å². The normalized spacial score (nSPS) is 32.4. The van der Waals surface area contributed by atoms with Crippen LogP contribution < -0.4 is 11.1 Å². The smallest absolute Gasteiger partial charge is 0.351 e. The van der Waals surface area contributed by atoms with Gasteiger partial charge in [0.15, 0.2) is 6.23 Å². The summed E-state index contributed by atoms with van der Waals surface area (Å²) < 4.78 is 15.9. The van der Waals surface area contributed by atoms with Crippen molar-refractivity contribution in [3.05, 3.63) is 12.3 Å². The van der Waals surface area contributed by atoms with Gasteiger partial charge in [-0.1, -0.05) is 13.8 Å². The van der Waals surface area contributed by atoms with Crippen molar-refractivity contribution in [2.24, 2.45) is 11.1 Å². The molecule has 5 atom stereocenters. The monoisotopic (exact) mass is 417 g/mol. The van der Waals surface area contributed by atoms with Crippen molar-refractivity contribution in [2.45, 2.75) is 56.9 Å². The molecular formula is C18H31N3O8. The molecule has 1 fully saturated rings. The number of amides is 2. The maximum absolute atomic E-state index is 12.6. The zero-order valence-electron chi connectivity index (χ0n) is 16.9. The Balaban J connectivity index is 2.07. The third-order valence-corrected chi connectivity index (χ3v) is 5.64. The van der Waals surface area contributed by atoms with E-state index in [0.29, 0.717) is 6.61 Å². The van der Waals surface area contributed by atoms with E-state index in [9.17, 15) is 24.9 Å². The zero-order chi connectivity index (χ0) is 21.8. The number of ether oxygens (including phenoxy) is 3. The van der Waals surface area contributed by atoms with Crippen molar-refractivity contribution in [2.75, 3.05) is 26.9 Å². The van der Waals surface area contributed by atoms with Crippen molar-refractivity contribution >= 4 is 12.0 Å². The van der Waals surface area contributed by atoms with Gasteiger partial charge in [0.2, 0.25) is 5.66 Å². The van der Waals surface area contributed by atoms with Crippen molar-refractivity contribution in [3.63, 3.8) is 0 Å². The molecule has 29 heavy (non-hydrogen) atoms. The molecule has 0 saturated carbocycles. The van der Waals surface area contributed by atoms with E-state index in [1.165, 1.54) is 12.3 Å². The molecule has 0 aromatic rings. The standard InChI is InChI=1S/C18H31N3O8/c1-4-17(5-2,9-27-3)10-28-15(25)18(19)6-7-21(16(26)20-18)14-13(24)12(23)11(8-22)29-14/h6-7,11-14,22-24H,4-5,8-10,19H2,1-3H3,(H,20,26)/t11-,12-,13-,14-,18?/m1/s1. The molecule has 0 aromatic carbocycles. The highest BCUT2D eigenvalue weighted by atomic mass is 16.6. The van der Waals surface area contributed by atoms with Crippen LogP contribution in [0.3, 0.4) is 0 Å². The number of nitrogens with zero attached hydrogens (tertiary/aromatic N) is 1. The quantitative estimate of drug-likeness (QED) is 0.284. The van der Waals surface area contributed by atoms with Gasteiger partial charge in [0, 0.05) is 18.7 Å². The molecule has 2 aliphatic heterocycles. The minimum Gasteiger partial charge on any atom is -0.462 e. The molecule has 0 aliphatic carbocycles. The molecule has 2 amide bonds. The first-order chi connectivity index (χ1) is 13.7. The van der Waals surface area contributed by atoms with E-state index in [4.69, 9.17) is 19.9 Å². The largest absolute Gasteiger partial charge is 0.462 e. The molecule has 0 aromatic heterocycles. The van der Waals surface area contributed by atoms with Crippen LogP contribution in [0, 0.1) is 5.41 Å². The summed E-state index contributed by atoms with van der Waals surface area (Å²) in [5.74, 6) is -0.842. The van der Waals surface area contributed by atoms with Gasteiger partial charge in [0.25, 0.3) is 0 Å². The number of esters is 1. The van der Waals surface area contributed by atoms with Gasteiger partial charge >= 0.3 is 12.0 Å². The van der Waals surface area contributed by atoms with Crippen molar-refractivity contribution in [1.82, 2.24) is 10.2 Å². The number of aliphatic hydroxyl groups excluding tert-OH is 3. The van der Waals surface area contributed by atoms with Gasteiger partial charge in [-0.3, -0.25) is 10.6 Å². The van der Waals surface area contributed by atoms with E-state index in [1.54, 1.807) is 7.11 Å². The summed E-state index contributed by atoms with van der Waals surface area (Å²) >= 11 is 0. The average Bonchev–Trinajstić information content (AvgIpc) is 2.99. The number of hydrogen-bond donors (Lipinski definition) is 5. The first-order valence-corrected chi connectivity index (χ1v) is 9.54. The summed E-state index contributed by atoms with van der Waals surface area (Å²) in [6, 6.07) is -0.823. The lowest BCUT2D eigenvalue weighted by molar-refractivity contribution is -0.155. The number of nitrogens with two attached hydrogens (primary N) is 1. The van der Waals surface area contributed by atoms with Crippen LogP contribution in [0.2, 0.25) is 0 Å². The second-order valence-corrected chi connectivity index (χ2v) is 7.47. The second-order valence-electron chi connectivity index (χ2n) is 7.47. The molecule has 2 heterocycles. The molecule has 2 aliphatic rings. The number of nitrogens with one attached hydrogen (secondary N) is 1. The van der Waals surface area contributed by atoms with E-state index in [0.717, 1.165) is 17.7 Å². The maximum atomic E-state index is 12.6. The zero-order valence-corrected chi connectivity index (χ0v) is 16.9. The minimum atomic E-state index is -1.90. The Labute approximate surface area is 169 Å². The summed E-state index contributed by atoms with van der Waals surface area (Å²) in [6.07, 6.45) is -1.24. The van der Waals surface area contributed by atoms with Crippen LogP contribution in [-0.4, -0.2) is 89.4 Å². The molecule has 166 valence electrons. The van der Waals surface area contributed by atoms with Gasteiger partial charge in [-0.05, 0) is 18.9 Å². The summed E-state index contributed by atoms with van der Waals surface area (Å²) in [7, 11) is 1.57. The van der Waals surface area contributed by atoms with Gasteiger partial charge in [0.05, 0.1) is 19.8 Å². The molecule has 0 radical (unpaired) electrons. The topological polar surface area (TPSA) is 164 Å². The van der Waals surface area contributed by atoms with E-state index in [1.807, 2.05) is 13.8 Å². The first-order valence-electron chi connectivity index (χ1n) is 9.54. The number of methoxy groups -OCH3 is 1. The SMILES string of the molecule is CCC(CC)(COC)COC(=O)C1(N)C=CN([C@@H]2O[C@H](CO)[C@@H](O)[C@H]2O)C(=O)N1. The van der Waals surface area contributed by atoms with Crippen LogP contribution >= 0.6 is 0 Å². The fraction of sp³-hybridized carbons (Fsp3) is 0.778. The second kappa shape index (κ2) is 9.37. The Morgan fingerprint density at radius 2 is 2.00 bits per heavy atom. The summed E-state index contributed by atoms with van der Waals surface area (Å²) in [4.78, 5) is 26.0. The Morgan fingerprint density at radius 1 is 1.34 bits per heavy atom. The minimum absolute atomic E-state index is 0.0773. The number of rotatable bonds is 9. The molecule has 11 heteroatoms. The fourth-order valence-corrected chi connectivity index (χ4v) is 3.32. The van der Waals surface area contributed by atoms with Crippen LogP contribution in [0.4, 0.5) is 4.79 Å². The van der Waals surface area contributed by atoms with Gasteiger partial charge in [-0.15, -0.1) is 0 Å². The lowest BCUT2D eigenvalue weighted by Crippen LogP contribution is -2.67. The summed E-state index contributed by atoms with van der Waals surface area (Å²) in [5, 5.41) is 31.4. The highest BCUT2D eigenvalue weighted by Gasteiger charge is 2.49. The number of hydrogen-bond acceptors (Lipinski definition) is 9. The van der Waals surface area contributed by atoms with Crippen LogP contribution in [0.1, 0.15) is 26.7 Å². The highest BCUT2D eigenvalue weighted by Crippen LogP contribution is 2.29. The Morgan fingerprint density at radius 3 is 2.48 bits per heavy atom. The third-order valence-electron chi connectivity index (χ3n) is 5.64. The fourth-order valence-electron chi connectivity index (χ4n) is 3.32. The molecule has 2 rings (SSSR count).